The van der Waals surface area contributed by atoms with Gasteiger partial charge in [0.25, 0.3) is 0 Å². The summed E-state index contributed by atoms with van der Waals surface area (Å²) < 4.78 is 0. The quantitative estimate of drug-likeness (QED) is 0.691. The molecule has 3 N–H and O–H groups in total. The Hall–Kier alpha value is -1.04. The molecule has 0 bridgehead atoms. The van der Waals surface area contributed by atoms with Crippen LogP contribution < -0.4 is 11.1 Å². The van der Waals surface area contributed by atoms with Crippen LogP contribution >= 0.6 is 23.4 Å². The number of benzene rings is 1. The molecule has 4 nitrogen and oxygen atoms in total. The number of rotatable bonds is 8. The average molecular weight is 369 g/mol. The number of thioether (sulfide) groups is 1. The summed E-state index contributed by atoms with van der Waals surface area (Å²) in [5, 5.41) is 3.65. The van der Waals surface area contributed by atoms with Gasteiger partial charge in [-0.3, -0.25) is 9.59 Å². The average Bonchev–Trinajstić information content (AvgIpc) is 2.61. The minimum Gasteiger partial charge on any atom is -0.351 e. The van der Waals surface area contributed by atoms with E-state index < -0.39 is 0 Å². The highest BCUT2D eigenvalue weighted by Crippen LogP contribution is 2.26. The summed E-state index contributed by atoms with van der Waals surface area (Å²) in [5.41, 5.74) is 6.45. The van der Waals surface area contributed by atoms with Crippen molar-refractivity contribution in [2.75, 3.05) is 18.1 Å². The van der Waals surface area contributed by atoms with Crippen LogP contribution in [0.4, 0.5) is 0 Å². The molecule has 1 aliphatic carbocycles. The van der Waals surface area contributed by atoms with E-state index in [4.69, 9.17) is 17.3 Å². The summed E-state index contributed by atoms with van der Waals surface area (Å²) >= 11 is 7.14. The van der Waals surface area contributed by atoms with E-state index in [9.17, 15) is 9.59 Å². The summed E-state index contributed by atoms with van der Waals surface area (Å²) in [6.45, 7) is 0.477. The molecule has 1 saturated carbocycles. The second-order valence-electron chi connectivity index (χ2n) is 6.23. The molecule has 1 amide bonds. The van der Waals surface area contributed by atoms with Crippen molar-refractivity contribution >= 4 is 35.1 Å². The van der Waals surface area contributed by atoms with Crippen molar-refractivity contribution in [2.45, 2.75) is 38.1 Å². The van der Waals surface area contributed by atoms with Crippen LogP contribution in [0.15, 0.2) is 24.3 Å². The number of Topliss-reactive ketones (excluding diaryl/α,β-unsaturated/α-hetero) is 1. The van der Waals surface area contributed by atoms with Crippen molar-refractivity contribution in [3.63, 3.8) is 0 Å². The number of hydrogen-bond acceptors (Lipinski definition) is 4. The van der Waals surface area contributed by atoms with E-state index in [2.05, 4.69) is 5.32 Å². The van der Waals surface area contributed by atoms with Crippen LogP contribution in [-0.2, 0) is 4.79 Å². The Labute approximate surface area is 152 Å². The zero-order valence-corrected chi connectivity index (χ0v) is 15.4. The number of hydrogen-bond donors (Lipinski definition) is 2. The van der Waals surface area contributed by atoms with Gasteiger partial charge in [-0.1, -0.05) is 30.9 Å². The van der Waals surface area contributed by atoms with Gasteiger partial charge in [-0.2, -0.15) is 0 Å². The van der Waals surface area contributed by atoms with Crippen molar-refractivity contribution in [3.05, 3.63) is 34.9 Å². The Morgan fingerprint density at radius 2 is 1.83 bits per heavy atom. The second kappa shape index (κ2) is 10.1. The van der Waals surface area contributed by atoms with Crippen LogP contribution in [0, 0.1) is 5.92 Å². The molecule has 132 valence electrons. The van der Waals surface area contributed by atoms with E-state index in [1.54, 1.807) is 24.3 Å². The van der Waals surface area contributed by atoms with E-state index >= 15 is 0 Å². The van der Waals surface area contributed by atoms with Gasteiger partial charge in [0.2, 0.25) is 5.91 Å². The van der Waals surface area contributed by atoms with E-state index in [0.717, 1.165) is 12.8 Å². The molecule has 0 radical (unpaired) electrons. The molecular formula is C18H25ClN2O2S. The maximum absolute atomic E-state index is 12.1. The number of carbonyl (C=O) groups excluding carboxylic acids is 2. The zero-order chi connectivity index (χ0) is 17.4. The lowest BCUT2D eigenvalue weighted by Crippen LogP contribution is -2.46. The lowest BCUT2D eigenvalue weighted by Gasteiger charge is -2.30. The van der Waals surface area contributed by atoms with Gasteiger partial charge in [-0.15, -0.1) is 11.8 Å². The van der Waals surface area contributed by atoms with E-state index in [1.165, 1.54) is 31.0 Å². The molecule has 0 spiro atoms. The van der Waals surface area contributed by atoms with Crippen molar-refractivity contribution in [1.82, 2.24) is 5.32 Å². The van der Waals surface area contributed by atoms with E-state index in [0.29, 0.717) is 23.0 Å². The van der Waals surface area contributed by atoms with Gasteiger partial charge in [0.05, 0.1) is 11.5 Å². The summed E-state index contributed by atoms with van der Waals surface area (Å²) in [5.74, 6) is 1.03. The highest BCUT2D eigenvalue weighted by atomic mass is 35.5. The molecule has 1 fully saturated rings. The number of ketones is 1. The van der Waals surface area contributed by atoms with Gasteiger partial charge in [0, 0.05) is 23.2 Å². The molecule has 6 heteroatoms. The molecule has 0 saturated heterocycles. The lowest BCUT2D eigenvalue weighted by atomic mass is 9.84. The van der Waals surface area contributed by atoms with Gasteiger partial charge < -0.3 is 11.1 Å². The Morgan fingerprint density at radius 3 is 2.46 bits per heavy atom. The number of halogens is 1. The smallest absolute Gasteiger partial charge is 0.230 e. The third kappa shape index (κ3) is 6.11. The van der Waals surface area contributed by atoms with E-state index in [-0.39, 0.29) is 29.2 Å². The molecule has 1 aliphatic rings. The van der Waals surface area contributed by atoms with Crippen molar-refractivity contribution < 1.29 is 9.59 Å². The number of amides is 1. The summed E-state index contributed by atoms with van der Waals surface area (Å²) in [6, 6.07) is 6.87. The molecule has 0 aliphatic heterocycles. The minimum atomic E-state index is -0.0371. The fourth-order valence-electron chi connectivity index (χ4n) is 3.11. The van der Waals surface area contributed by atoms with Gasteiger partial charge >= 0.3 is 0 Å². The fourth-order valence-corrected chi connectivity index (χ4v) is 3.96. The molecule has 2 rings (SSSR count). The molecule has 24 heavy (non-hydrogen) atoms. The first-order valence-corrected chi connectivity index (χ1v) is 9.99. The largest absolute Gasteiger partial charge is 0.351 e. The number of nitrogens with two attached hydrogens (primary N) is 1. The van der Waals surface area contributed by atoms with Crippen LogP contribution in [0.1, 0.15) is 42.5 Å². The number of nitrogens with one attached hydrogen (secondary N) is 1. The molecule has 1 atom stereocenters. The predicted molar refractivity (Wildman–Crippen MR) is 101 cm³/mol. The molecule has 1 aromatic rings. The Kier molecular flexibility index (Phi) is 8.09. The molecular weight excluding hydrogens is 344 g/mol. The Balaban J connectivity index is 1.71. The summed E-state index contributed by atoms with van der Waals surface area (Å²) in [7, 11) is 0. The first-order chi connectivity index (χ1) is 11.6. The molecule has 1 unspecified atom stereocenters. The maximum atomic E-state index is 12.1. The van der Waals surface area contributed by atoms with E-state index in [1.807, 2.05) is 0 Å². The van der Waals surface area contributed by atoms with Crippen LogP contribution in [0.2, 0.25) is 5.02 Å². The standard InChI is InChI=1S/C18H25ClN2O2S/c19-15-8-6-14(7-9-15)17(22)11-24-12-18(23)21-16(10-20)13-4-2-1-3-5-13/h6-9,13,16H,1-5,10-12,20H2,(H,21,23). The first-order valence-electron chi connectivity index (χ1n) is 8.46. The Morgan fingerprint density at radius 1 is 1.17 bits per heavy atom. The monoisotopic (exact) mass is 368 g/mol. The fraction of sp³-hybridized carbons (Fsp3) is 0.556. The zero-order valence-electron chi connectivity index (χ0n) is 13.8. The molecule has 1 aromatic carbocycles. The second-order valence-corrected chi connectivity index (χ2v) is 7.65. The first kappa shape index (κ1) is 19.3. The normalized spacial score (nSPS) is 16.6. The third-order valence-corrected chi connectivity index (χ3v) is 5.64. The van der Waals surface area contributed by atoms with Gasteiger partial charge in [-0.05, 0) is 43.0 Å². The highest BCUT2D eigenvalue weighted by Gasteiger charge is 2.23. The van der Waals surface area contributed by atoms with Crippen LogP contribution in [-0.4, -0.2) is 35.8 Å². The molecule has 0 aromatic heterocycles. The summed E-state index contributed by atoms with van der Waals surface area (Å²) in [6.07, 6.45) is 6.02. The van der Waals surface area contributed by atoms with Crippen molar-refractivity contribution in [3.8, 4) is 0 Å². The minimum absolute atomic E-state index is 0.00659. The number of carbonyl (C=O) groups is 2. The Bertz CT molecular complexity index is 544. The van der Waals surface area contributed by atoms with Gasteiger partial charge in [0.1, 0.15) is 0 Å². The topological polar surface area (TPSA) is 72.2 Å². The highest BCUT2D eigenvalue weighted by molar-refractivity contribution is 8.00. The van der Waals surface area contributed by atoms with Gasteiger partial charge in [0.15, 0.2) is 5.78 Å². The van der Waals surface area contributed by atoms with Crippen LogP contribution in [0.3, 0.4) is 0 Å². The third-order valence-electron chi connectivity index (χ3n) is 4.45. The summed E-state index contributed by atoms with van der Waals surface area (Å²) in [4.78, 5) is 24.1. The van der Waals surface area contributed by atoms with Crippen molar-refractivity contribution in [1.29, 1.82) is 0 Å². The van der Waals surface area contributed by atoms with Gasteiger partial charge in [-0.25, -0.2) is 0 Å². The maximum Gasteiger partial charge on any atom is 0.230 e. The SMILES string of the molecule is NCC(NC(=O)CSCC(=O)c1ccc(Cl)cc1)C1CCCCC1. The van der Waals surface area contributed by atoms with Crippen molar-refractivity contribution in [2.24, 2.45) is 11.7 Å². The van der Waals surface area contributed by atoms with Crippen LogP contribution in [0.25, 0.3) is 0 Å². The van der Waals surface area contributed by atoms with Crippen LogP contribution in [0.5, 0.6) is 0 Å². The predicted octanol–water partition coefficient (Wildman–Crippen LogP) is 3.28. The lowest BCUT2D eigenvalue weighted by molar-refractivity contribution is -0.119. The molecule has 0 heterocycles.